The summed E-state index contributed by atoms with van der Waals surface area (Å²) in [5.74, 6) is 0.894. The Morgan fingerprint density at radius 2 is 1.81 bits per heavy atom. The molecule has 2 aromatic carbocycles. The Hall–Kier alpha value is -1.98. The van der Waals surface area contributed by atoms with E-state index in [-0.39, 0.29) is 5.56 Å². The molecule has 0 spiro atoms. The third kappa shape index (κ3) is 3.60. The molecule has 1 aliphatic rings. The first-order chi connectivity index (χ1) is 12.7. The van der Waals surface area contributed by atoms with Crippen LogP contribution in [0.15, 0.2) is 75.5 Å². The first kappa shape index (κ1) is 17.4. The predicted octanol–water partition coefficient (Wildman–Crippen LogP) is 4.60. The summed E-state index contributed by atoms with van der Waals surface area (Å²) < 4.78 is 1.78. The summed E-state index contributed by atoms with van der Waals surface area (Å²) in [6.45, 7) is 2.15. The van der Waals surface area contributed by atoms with Crippen LogP contribution in [0, 0.1) is 0 Å². The molecule has 1 unspecified atom stereocenters. The molecule has 5 heteroatoms. The Balaban J connectivity index is 1.67. The van der Waals surface area contributed by atoms with E-state index in [2.05, 4.69) is 31.2 Å². The highest BCUT2D eigenvalue weighted by atomic mass is 32.2. The van der Waals surface area contributed by atoms with Crippen molar-refractivity contribution in [3.8, 4) is 5.69 Å². The van der Waals surface area contributed by atoms with Gasteiger partial charge in [0.15, 0.2) is 5.16 Å². The summed E-state index contributed by atoms with van der Waals surface area (Å²) in [4.78, 5) is 18.8. The Kier molecular flexibility index (Phi) is 5.18. The SMILES string of the molecule is CC1Cc2nc(SCCc3ccccc3)n(-c3ccccc3)c(=O)c2S1. The second-order valence-electron chi connectivity index (χ2n) is 6.36. The van der Waals surface area contributed by atoms with Crippen molar-refractivity contribution in [3.63, 3.8) is 0 Å². The van der Waals surface area contributed by atoms with Crippen molar-refractivity contribution in [2.24, 2.45) is 0 Å². The maximum absolute atomic E-state index is 13.1. The second-order valence-corrected chi connectivity index (χ2v) is 8.87. The molecule has 132 valence electrons. The average Bonchev–Trinajstić information content (AvgIpc) is 3.04. The summed E-state index contributed by atoms with van der Waals surface area (Å²) in [6.07, 6.45) is 1.83. The molecule has 0 N–H and O–H groups in total. The Morgan fingerprint density at radius 1 is 1.12 bits per heavy atom. The second kappa shape index (κ2) is 7.72. The van der Waals surface area contributed by atoms with Crippen molar-refractivity contribution in [1.29, 1.82) is 0 Å². The molecule has 1 aromatic heterocycles. The van der Waals surface area contributed by atoms with E-state index < -0.39 is 0 Å². The first-order valence-electron chi connectivity index (χ1n) is 8.77. The predicted molar refractivity (Wildman–Crippen MR) is 110 cm³/mol. The summed E-state index contributed by atoms with van der Waals surface area (Å²) in [6, 6.07) is 20.3. The molecule has 0 fully saturated rings. The topological polar surface area (TPSA) is 34.9 Å². The van der Waals surface area contributed by atoms with Gasteiger partial charge >= 0.3 is 0 Å². The summed E-state index contributed by atoms with van der Waals surface area (Å²) in [5.41, 5.74) is 3.22. The van der Waals surface area contributed by atoms with Gasteiger partial charge in [0.25, 0.3) is 5.56 Å². The number of aromatic nitrogens is 2. The van der Waals surface area contributed by atoms with E-state index >= 15 is 0 Å². The number of benzene rings is 2. The van der Waals surface area contributed by atoms with Gasteiger partial charge in [-0.25, -0.2) is 4.98 Å². The molecule has 0 radical (unpaired) electrons. The third-order valence-electron chi connectivity index (χ3n) is 4.36. The van der Waals surface area contributed by atoms with Crippen LogP contribution in [0.2, 0.25) is 0 Å². The molecule has 0 aliphatic carbocycles. The lowest BCUT2D eigenvalue weighted by Gasteiger charge is -2.13. The van der Waals surface area contributed by atoms with Crippen LogP contribution < -0.4 is 5.56 Å². The zero-order valence-electron chi connectivity index (χ0n) is 14.6. The zero-order valence-corrected chi connectivity index (χ0v) is 16.2. The molecular formula is C21H20N2OS2. The normalized spacial score (nSPS) is 15.8. The highest BCUT2D eigenvalue weighted by Gasteiger charge is 2.26. The van der Waals surface area contributed by atoms with E-state index in [4.69, 9.17) is 4.98 Å². The van der Waals surface area contributed by atoms with Crippen LogP contribution in [0.4, 0.5) is 0 Å². The molecule has 1 atom stereocenters. The number of rotatable bonds is 5. The summed E-state index contributed by atoms with van der Waals surface area (Å²) >= 11 is 3.31. The Labute approximate surface area is 161 Å². The number of aryl methyl sites for hydroxylation is 1. The van der Waals surface area contributed by atoms with E-state index in [1.165, 1.54) is 5.56 Å². The van der Waals surface area contributed by atoms with Gasteiger partial charge in [0.1, 0.15) is 0 Å². The van der Waals surface area contributed by atoms with Gasteiger partial charge in [0, 0.05) is 17.4 Å². The fraction of sp³-hybridized carbons (Fsp3) is 0.238. The summed E-state index contributed by atoms with van der Waals surface area (Å²) in [7, 11) is 0. The summed E-state index contributed by atoms with van der Waals surface area (Å²) in [5, 5.41) is 1.21. The van der Waals surface area contributed by atoms with Crippen LogP contribution in [0.1, 0.15) is 18.2 Å². The Morgan fingerprint density at radius 3 is 2.54 bits per heavy atom. The van der Waals surface area contributed by atoms with Gasteiger partial charge in [-0.15, -0.1) is 11.8 Å². The zero-order chi connectivity index (χ0) is 17.9. The first-order valence-corrected chi connectivity index (χ1v) is 10.6. The number of thioether (sulfide) groups is 2. The smallest absolute Gasteiger partial charge is 0.268 e. The van der Waals surface area contributed by atoms with E-state index in [0.29, 0.717) is 5.25 Å². The molecule has 0 amide bonds. The van der Waals surface area contributed by atoms with Gasteiger partial charge in [-0.3, -0.25) is 9.36 Å². The maximum Gasteiger partial charge on any atom is 0.272 e. The van der Waals surface area contributed by atoms with Crippen molar-refractivity contribution in [2.45, 2.75) is 35.1 Å². The fourth-order valence-corrected chi connectivity index (χ4v) is 5.22. The average molecular weight is 381 g/mol. The lowest BCUT2D eigenvalue weighted by molar-refractivity contribution is 0.731. The highest BCUT2D eigenvalue weighted by Crippen LogP contribution is 2.34. The molecule has 0 saturated heterocycles. The monoisotopic (exact) mass is 380 g/mol. The number of hydrogen-bond acceptors (Lipinski definition) is 4. The van der Waals surface area contributed by atoms with Gasteiger partial charge in [0.05, 0.1) is 16.3 Å². The molecule has 3 aromatic rings. The van der Waals surface area contributed by atoms with Gasteiger partial charge in [-0.2, -0.15) is 0 Å². The molecule has 26 heavy (non-hydrogen) atoms. The lowest BCUT2D eigenvalue weighted by Crippen LogP contribution is -2.23. The molecule has 2 heterocycles. The number of nitrogens with zero attached hydrogens (tertiary/aromatic N) is 2. The van der Waals surface area contributed by atoms with Crippen molar-refractivity contribution in [3.05, 3.63) is 82.3 Å². The highest BCUT2D eigenvalue weighted by molar-refractivity contribution is 8.00. The molecule has 3 nitrogen and oxygen atoms in total. The van der Waals surface area contributed by atoms with E-state index in [0.717, 1.165) is 40.0 Å². The lowest BCUT2D eigenvalue weighted by atomic mass is 10.2. The minimum absolute atomic E-state index is 0.0674. The van der Waals surface area contributed by atoms with Crippen LogP contribution in [-0.4, -0.2) is 20.6 Å². The molecule has 0 bridgehead atoms. The fourth-order valence-electron chi connectivity index (χ4n) is 3.11. The van der Waals surface area contributed by atoms with Gasteiger partial charge in [-0.1, -0.05) is 67.2 Å². The van der Waals surface area contributed by atoms with Gasteiger partial charge < -0.3 is 0 Å². The van der Waals surface area contributed by atoms with E-state index in [1.54, 1.807) is 28.1 Å². The van der Waals surface area contributed by atoms with Crippen molar-refractivity contribution >= 4 is 23.5 Å². The van der Waals surface area contributed by atoms with Gasteiger partial charge in [0.2, 0.25) is 0 Å². The number of hydrogen-bond donors (Lipinski definition) is 0. The number of para-hydroxylation sites is 1. The maximum atomic E-state index is 13.1. The van der Waals surface area contributed by atoms with Crippen LogP contribution in [0.3, 0.4) is 0 Å². The number of fused-ring (bicyclic) bond motifs is 1. The molecule has 1 aliphatic heterocycles. The van der Waals surface area contributed by atoms with Crippen LogP contribution in [0.5, 0.6) is 0 Å². The Bertz CT molecular complexity index is 955. The molecular weight excluding hydrogens is 360 g/mol. The van der Waals surface area contributed by atoms with E-state index in [1.807, 2.05) is 36.4 Å². The van der Waals surface area contributed by atoms with Crippen molar-refractivity contribution in [2.75, 3.05) is 5.75 Å². The standard InChI is InChI=1S/C21H20N2OS2/c1-15-14-18-19(26-15)20(24)23(17-10-6-3-7-11-17)21(22-18)25-13-12-16-8-4-2-5-9-16/h2-11,15H,12-14H2,1H3. The minimum Gasteiger partial charge on any atom is -0.268 e. The molecule has 0 saturated carbocycles. The quantitative estimate of drug-likeness (QED) is 0.478. The minimum atomic E-state index is 0.0674. The van der Waals surface area contributed by atoms with Crippen molar-refractivity contribution < 1.29 is 0 Å². The van der Waals surface area contributed by atoms with Gasteiger partial charge in [-0.05, 0) is 24.1 Å². The third-order valence-corrected chi connectivity index (χ3v) is 6.52. The largest absolute Gasteiger partial charge is 0.272 e. The van der Waals surface area contributed by atoms with Crippen LogP contribution in [-0.2, 0) is 12.8 Å². The molecule has 4 rings (SSSR count). The van der Waals surface area contributed by atoms with Crippen molar-refractivity contribution in [1.82, 2.24) is 9.55 Å². The van der Waals surface area contributed by atoms with Crippen LogP contribution in [0.25, 0.3) is 5.69 Å². The van der Waals surface area contributed by atoms with E-state index in [9.17, 15) is 4.79 Å². The van der Waals surface area contributed by atoms with Crippen LogP contribution >= 0.6 is 23.5 Å².